The van der Waals surface area contributed by atoms with Crippen molar-refractivity contribution >= 4 is 5.97 Å². The van der Waals surface area contributed by atoms with E-state index >= 15 is 0 Å². The van der Waals surface area contributed by atoms with Crippen LogP contribution in [0.3, 0.4) is 0 Å². The minimum Gasteiger partial charge on any atom is -0.481 e. The normalized spacial score (nSPS) is 18.2. The lowest BCUT2D eigenvalue weighted by molar-refractivity contribution is -0.146. The lowest BCUT2D eigenvalue weighted by Gasteiger charge is -2.26. The van der Waals surface area contributed by atoms with Gasteiger partial charge in [-0.1, -0.05) is 0 Å². The molecule has 0 amide bonds. The smallest absolute Gasteiger partial charge is 0.310 e. The lowest BCUT2D eigenvalue weighted by Crippen LogP contribution is -2.39. The number of nitrogens with one attached hydrogen (secondary N) is 1. The van der Waals surface area contributed by atoms with Gasteiger partial charge in [-0.05, 0) is 33.4 Å². The maximum atomic E-state index is 10.9. The molecule has 100 valence electrons. The first-order valence-electron chi connectivity index (χ1n) is 6.26. The van der Waals surface area contributed by atoms with E-state index in [9.17, 15) is 4.79 Å². The maximum Gasteiger partial charge on any atom is 0.310 e. The molecule has 0 saturated carbocycles. The van der Waals surface area contributed by atoms with Crippen LogP contribution in [0.2, 0.25) is 0 Å². The van der Waals surface area contributed by atoms with Gasteiger partial charge < -0.3 is 15.2 Å². The van der Waals surface area contributed by atoms with Crippen LogP contribution in [0.25, 0.3) is 0 Å². The van der Waals surface area contributed by atoms with Gasteiger partial charge >= 0.3 is 5.97 Å². The first-order chi connectivity index (χ1) is 8.02. The van der Waals surface area contributed by atoms with E-state index in [1.165, 1.54) is 0 Å². The van der Waals surface area contributed by atoms with Crippen molar-refractivity contribution in [2.75, 3.05) is 45.9 Å². The number of carboxylic acids is 1. The van der Waals surface area contributed by atoms with Crippen molar-refractivity contribution in [2.45, 2.75) is 20.3 Å². The Balaban J connectivity index is 2.02. The topological polar surface area (TPSA) is 61.8 Å². The molecule has 1 saturated heterocycles. The highest BCUT2D eigenvalue weighted by Crippen LogP contribution is 2.12. The third-order valence-electron chi connectivity index (χ3n) is 3.08. The molecule has 0 radical (unpaired) electrons. The molecule has 1 heterocycles. The summed E-state index contributed by atoms with van der Waals surface area (Å²) in [5, 5.41) is 12.1. The number of carbonyl (C=O) groups is 1. The van der Waals surface area contributed by atoms with Gasteiger partial charge in [0.25, 0.3) is 0 Å². The quantitative estimate of drug-likeness (QED) is 0.635. The summed E-state index contributed by atoms with van der Waals surface area (Å²) < 4.78 is 5.28. The van der Waals surface area contributed by atoms with Crippen LogP contribution in [0.1, 0.15) is 20.3 Å². The molecule has 0 unspecified atom stereocenters. The van der Waals surface area contributed by atoms with Crippen LogP contribution in [0.5, 0.6) is 0 Å². The Bertz CT molecular complexity index is 238. The fraction of sp³-hybridized carbons (Fsp3) is 0.917. The summed E-state index contributed by atoms with van der Waals surface area (Å²) in [7, 11) is 0. The maximum absolute atomic E-state index is 10.9. The number of hydrogen-bond acceptors (Lipinski definition) is 4. The van der Waals surface area contributed by atoms with E-state index in [0.29, 0.717) is 6.54 Å². The minimum absolute atomic E-state index is 0.519. The highest BCUT2D eigenvalue weighted by Gasteiger charge is 2.26. The largest absolute Gasteiger partial charge is 0.481 e. The average molecular weight is 244 g/mol. The Morgan fingerprint density at radius 2 is 2.06 bits per heavy atom. The van der Waals surface area contributed by atoms with E-state index in [1.54, 1.807) is 13.8 Å². The first-order valence-corrected chi connectivity index (χ1v) is 6.26. The Morgan fingerprint density at radius 3 is 2.65 bits per heavy atom. The Morgan fingerprint density at radius 1 is 1.41 bits per heavy atom. The molecule has 1 aliphatic rings. The van der Waals surface area contributed by atoms with Gasteiger partial charge in [0.1, 0.15) is 0 Å². The Labute approximate surface area is 103 Å². The second kappa shape index (κ2) is 6.93. The van der Waals surface area contributed by atoms with Crippen LogP contribution >= 0.6 is 0 Å². The van der Waals surface area contributed by atoms with Gasteiger partial charge in [0, 0.05) is 19.6 Å². The fourth-order valence-corrected chi connectivity index (χ4v) is 1.73. The molecule has 0 atom stereocenters. The zero-order valence-corrected chi connectivity index (χ0v) is 10.9. The molecule has 0 aliphatic carbocycles. The van der Waals surface area contributed by atoms with Crippen molar-refractivity contribution in [3.05, 3.63) is 0 Å². The number of nitrogens with zero attached hydrogens (tertiary/aromatic N) is 1. The zero-order chi connectivity index (χ0) is 12.7. The molecule has 17 heavy (non-hydrogen) atoms. The van der Waals surface area contributed by atoms with E-state index in [-0.39, 0.29) is 0 Å². The number of rotatable bonds is 7. The molecule has 1 aliphatic heterocycles. The van der Waals surface area contributed by atoms with Crippen LogP contribution in [0, 0.1) is 5.41 Å². The fourth-order valence-electron chi connectivity index (χ4n) is 1.73. The van der Waals surface area contributed by atoms with Crippen molar-refractivity contribution in [2.24, 2.45) is 5.41 Å². The van der Waals surface area contributed by atoms with E-state index in [4.69, 9.17) is 9.84 Å². The zero-order valence-electron chi connectivity index (χ0n) is 10.9. The number of aliphatic carboxylic acids is 1. The summed E-state index contributed by atoms with van der Waals surface area (Å²) in [6.45, 7) is 9.62. The van der Waals surface area contributed by atoms with Gasteiger partial charge in [0.2, 0.25) is 0 Å². The SMILES string of the molecule is CC(C)(CNCCCN1CCOCC1)C(=O)O. The third-order valence-corrected chi connectivity index (χ3v) is 3.08. The second-order valence-corrected chi connectivity index (χ2v) is 5.17. The molecule has 0 spiro atoms. The van der Waals surface area contributed by atoms with Crippen LogP contribution in [-0.2, 0) is 9.53 Å². The molecule has 0 bridgehead atoms. The van der Waals surface area contributed by atoms with Crippen molar-refractivity contribution in [1.82, 2.24) is 10.2 Å². The summed E-state index contributed by atoms with van der Waals surface area (Å²) in [6, 6.07) is 0. The average Bonchev–Trinajstić information content (AvgIpc) is 2.29. The van der Waals surface area contributed by atoms with Gasteiger partial charge in [-0.15, -0.1) is 0 Å². The van der Waals surface area contributed by atoms with Gasteiger partial charge in [-0.2, -0.15) is 0 Å². The summed E-state index contributed by atoms with van der Waals surface area (Å²) >= 11 is 0. The highest BCUT2D eigenvalue weighted by atomic mass is 16.5. The second-order valence-electron chi connectivity index (χ2n) is 5.17. The number of ether oxygens (including phenoxy) is 1. The molecule has 1 rings (SSSR count). The van der Waals surface area contributed by atoms with E-state index in [0.717, 1.165) is 45.8 Å². The minimum atomic E-state index is -0.752. The molecule has 0 aromatic rings. The Hall–Kier alpha value is -0.650. The summed E-state index contributed by atoms with van der Waals surface area (Å²) in [4.78, 5) is 13.3. The molecular formula is C12H24N2O3. The number of hydrogen-bond donors (Lipinski definition) is 2. The molecular weight excluding hydrogens is 220 g/mol. The van der Waals surface area contributed by atoms with E-state index < -0.39 is 11.4 Å². The molecule has 2 N–H and O–H groups in total. The number of carboxylic acid groups (broad SMARTS) is 1. The lowest BCUT2D eigenvalue weighted by atomic mass is 9.94. The predicted molar refractivity (Wildman–Crippen MR) is 66.2 cm³/mol. The molecule has 0 aromatic heterocycles. The van der Waals surface area contributed by atoms with Crippen LogP contribution < -0.4 is 5.32 Å². The Kier molecular flexibility index (Phi) is 5.88. The molecule has 5 nitrogen and oxygen atoms in total. The van der Waals surface area contributed by atoms with Gasteiger partial charge in [-0.3, -0.25) is 9.69 Å². The van der Waals surface area contributed by atoms with Crippen LogP contribution in [-0.4, -0.2) is 61.9 Å². The molecule has 5 heteroatoms. The first kappa shape index (κ1) is 14.4. The summed E-state index contributed by atoms with van der Waals surface area (Å²) in [6.07, 6.45) is 1.05. The summed E-state index contributed by atoms with van der Waals surface area (Å²) in [5.41, 5.74) is -0.682. The van der Waals surface area contributed by atoms with Gasteiger partial charge in [0.15, 0.2) is 0 Å². The monoisotopic (exact) mass is 244 g/mol. The third kappa shape index (κ3) is 5.48. The van der Waals surface area contributed by atoms with Crippen molar-refractivity contribution in [3.63, 3.8) is 0 Å². The van der Waals surface area contributed by atoms with Gasteiger partial charge in [-0.25, -0.2) is 0 Å². The van der Waals surface area contributed by atoms with Crippen molar-refractivity contribution in [3.8, 4) is 0 Å². The molecule has 0 aromatic carbocycles. The number of morpholine rings is 1. The van der Waals surface area contributed by atoms with Crippen LogP contribution in [0.4, 0.5) is 0 Å². The van der Waals surface area contributed by atoms with Crippen LogP contribution in [0.15, 0.2) is 0 Å². The summed E-state index contributed by atoms with van der Waals surface area (Å²) in [5.74, 6) is -0.752. The van der Waals surface area contributed by atoms with Gasteiger partial charge in [0.05, 0.1) is 18.6 Å². The highest BCUT2D eigenvalue weighted by molar-refractivity contribution is 5.73. The molecule has 1 fully saturated rings. The van der Waals surface area contributed by atoms with Crippen molar-refractivity contribution in [1.29, 1.82) is 0 Å². The van der Waals surface area contributed by atoms with E-state index in [2.05, 4.69) is 10.2 Å². The standard InChI is InChI=1S/C12H24N2O3/c1-12(2,11(15)16)10-13-4-3-5-14-6-8-17-9-7-14/h13H,3-10H2,1-2H3,(H,15,16). The van der Waals surface area contributed by atoms with Crippen molar-refractivity contribution < 1.29 is 14.6 Å². The van der Waals surface area contributed by atoms with E-state index in [1.807, 2.05) is 0 Å². The predicted octanol–water partition coefficient (Wildman–Crippen LogP) is 0.409.